The first kappa shape index (κ1) is 14.9. The Kier molecular flexibility index (Phi) is 5.21. The van der Waals surface area contributed by atoms with Crippen LogP contribution in [0.3, 0.4) is 0 Å². The molecule has 0 aliphatic heterocycles. The SMILES string of the molecule is CCOc1ccccc1C(Nc1ccccc1)C(=O)OC. The van der Waals surface area contributed by atoms with Gasteiger partial charge in [-0.25, -0.2) is 4.79 Å². The van der Waals surface area contributed by atoms with Gasteiger partial charge < -0.3 is 14.8 Å². The number of hydrogen-bond acceptors (Lipinski definition) is 4. The first-order valence-electron chi connectivity index (χ1n) is 6.87. The number of nitrogens with one attached hydrogen (secondary N) is 1. The number of methoxy groups -OCH3 is 1. The highest BCUT2D eigenvalue weighted by molar-refractivity contribution is 5.82. The van der Waals surface area contributed by atoms with Crippen molar-refractivity contribution in [3.63, 3.8) is 0 Å². The molecule has 0 saturated heterocycles. The summed E-state index contributed by atoms with van der Waals surface area (Å²) >= 11 is 0. The third-order valence-electron chi connectivity index (χ3n) is 3.05. The molecule has 2 rings (SSSR count). The fourth-order valence-electron chi connectivity index (χ4n) is 2.09. The van der Waals surface area contributed by atoms with Gasteiger partial charge in [-0.2, -0.15) is 0 Å². The van der Waals surface area contributed by atoms with E-state index in [1.807, 2.05) is 61.5 Å². The van der Waals surface area contributed by atoms with E-state index in [4.69, 9.17) is 9.47 Å². The quantitative estimate of drug-likeness (QED) is 0.826. The van der Waals surface area contributed by atoms with Crippen molar-refractivity contribution in [3.8, 4) is 5.75 Å². The second kappa shape index (κ2) is 7.33. The van der Waals surface area contributed by atoms with Crippen molar-refractivity contribution in [1.29, 1.82) is 0 Å². The molecule has 4 nitrogen and oxygen atoms in total. The minimum atomic E-state index is -0.611. The zero-order valence-electron chi connectivity index (χ0n) is 12.2. The van der Waals surface area contributed by atoms with Gasteiger partial charge in [-0.1, -0.05) is 36.4 Å². The van der Waals surface area contributed by atoms with Crippen LogP contribution < -0.4 is 10.1 Å². The molecule has 0 amide bonds. The predicted octanol–water partition coefficient (Wildman–Crippen LogP) is 3.41. The molecule has 0 aliphatic rings. The van der Waals surface area contributed by atoms with E-state index < -0.39 is 6.04 Å². The van der Waals surface area contributed by atoms with E-state index in [1.165, 1.54) is 7.11 Å². The van der Waals surface area contributed by atoms with Crippen molar-refractivity contribution in [3.05, 3.63) is 60.2 Å². The van der Waals surface area contributed by atoms with Crippen LogP contribution in [-0.2, 0) is 9.53 Å². The number of hydrogen-bond donors (Lipinski definition) is 1. The highest BCUT2D eigenvalue weighted by atomic mass is 16.5. The summed E-state index contributed by atoms with van der Waals surface area (Å²) in [6.07, 6.45) is 0. The van der Waals surface area contributed by atoms with Crippen LogP contribution in [0.15, 0.2) is 54.6 Å². The van der Waals surface area contributed by atoms with Gasteiger partial charge >= 0.3 is 5.97 Å². The molecule has 2 aromatic carbocycles. The maximum Gasteiger partial charge on any atom is 0.333 e. The number of benzene rings is 2. The Labute approximate surface area is 124 Å². The average molecular weight is 285 g/mol. The molecule has 1 atom stereocenters. The summed E-state index contributed by atoms with van der Waals surface area (Å²) in [5.74, 6) is 0.324. The Morgan fingerprint density at radius 3 is 2.43 bits per heavy atom. The number of anilines is 1. The summed E-state index contributed by atoms with van der Waals surface area (Å²) in [5, 5.41) is 3.19. The van der Waals surface area contributed by atoms with E-state index in [0.717, 1.165) is 11.3 Å². The lowest BCUT2D eigenvalue weighted by molar-refractivity contribution is -0.141. The smallest absolute Gasteiger partial charge is 0.333 e. The van der Waals surface area contributed by atoms with Crippen LogP contribution in [0.25, 0.3) is 0 Å². The van der Waals surface area contributed by atoms with E-state index in [2.05, 4.69) is 5.32 Å². The van der Waals surface area contributed by atoms with Crippen LogP contribution in [0.4, 0.5) is 5.69 Å². The van der Waals surface area contributed by atoms with Crippen molar-refractivity contribution in [2.45, 2.75) is 13.0 Å². The Morgan fingerprint density at radius 1 is 1.10 bits per heavy atom. The molecule has 1 unspecified atom stereocenters. The van der Waals surface area contributed by atoms with Crippen molar-refractivity contribution < 1.29 is 14.3 Å². The highest BCUT2D eigenvalue weighted by Crippen LogP contribution is 2.29. The van der Waals surface area contributed by atoms with Gasteiger partial charge in [0.2, 0.25) is 0 Å². The van der Waals surface area contributed by atoms with Gasteiger partial charge in [0.1, 0.15) is 5.75 Å². The minimum Gasteiger partial charge on any atom is -0.493 e. The Balaban J connectivity index is 2.34. The average Bonchev–Trinajstić information content (AvgIpc) is 2.54. The summed E-state index contributed by atoms with van der Waals surface area (Å²) in [6, 6.07) is 16.4. The molecule has 4 heteroatoms. The van der Waals surface area contributed by atoms with Crippen LogP contribution in [0, 0.1) is 0 Å². The lowest BCUT2D eigenvalue weighted by Gasteiger charge is -2.20. The van der Waals surface area contributed by atoms with Gasteiger partial charge in [0, 0.05) is 11.3 Å². The maximum atomic E-state index is 12.1. The van der Waals surface area contributed by atoms with Crippen molar-refractivity contribution in [1.82, 2.24) is 0 Å². The van der Waals surface area contributed by atoms with E-state index in [0.29, 0.717) is 12.4 Å². The number of para-hydroxylation sites is 2. The molecule has 0 heterocycles. The Morgan fingerprint density at radius 2 is 1.76 bits per heavy atom. The van der Waals surface area contributed by atoms with Crippen molar-refractivity contribution in [2.75, 3.05) is 19.0 Å². The third kappa shape index (κ3) is 3.75. The number of ether oxygens (including phenoxy) is 2. The first-order valence-corrected chi connectivity index (χ1v) is 6.87. The van der Waals surface area contributed by atoms with E-state index in [9.17, 15) is 4.79 Å². The normalized spacial score (nSPS) is 11.5. The molecule has 0 aromatic heterocycles. The predicted molar refractivity (Wildman–Crippen MR) is 82.4 cm³/mol. The number of rotatable bonds is 6. The van der Waals surface area contributed by atoms with Gasteiger partial charge in [-0.3, -0.25) is 0 Å². The fourth-order valence-corrected chi connectivity index (χ4v) is 2.09. The molecule has 0 spiro atoms. The molecule has 2 aromatic rings. The topological polar surface area (TPSA) is 47.6 Å². The van der Waals surface area contributed by atoms with E-state index in [-0.39, 0.29) is 5.97 Å². The van der Waals surface area contributed by atoms with Crippen LogP contribution in [-0.4, -0.2) is 19.7 Å². The molecular weight excluding hydrogens is 266 g/mol. The number of carbonyl (C=O) groups excluding carboxylic acids is 1. The lowest BCUT2D eigenvalue weighted by Crippen LogP contribution is -2.23. The zero-order chi connectivity index (χ0) is 15.1. The van der Waals surface area contributed by atoms with Gasteiger partial charge in [0.15, 0.2) is 6.04 Å². The van der Waals surface area contributed by atoms with Crippen molar-refractivity contribution >= 4 is 11.7 Å². The van der Waals surface area contributed by atoms with E-state index in [1.54, 1.807) is 0 Å². The van der Waals surface area contributed by atoms with Gasteiger partial charge in [0.05, 0.1) is 13.7 Å². The monoisotopic (exact) mass is 285 g/mol. The first-order chi connectivity index (χ1) is 10.3. The zero-order valence-corrected chi connectivity index (χ0v) is 12.2. The Bertz CT molecular complexity index is 584. The fraction of sp³-hybridized carbons (Fsp3) is 0.235. The van der Waals surface area contributed by atoms with Crippen LogP contribution in [0.1, 0.15) is 18.5 Å². The van der Waals surface area contributed by atoms with Crippen molar-refractivity contribution in [2.24, 2.45) is 0 Å². The van der Waals surface area contributed by atoms with Crippen LogP contribution in [0.2, 0.25) is 0 Å². The largest absolute Gasteiger partial charge is 0.493 e. The van der Waals surface area contributed by atoms with Gasteiger partial charge in [-0.05, 0) is 25.1 Å². The summed E-state index contributed by atoms with van der Waals surface area (Å²) in [6.45, 7) is 2.45. The Hall–Kier alpha value is -2.49. The lowest BCUT2D eigenvalue weighted by atomic mass is 10.1. The minimum absolute atomic E-state index is 0.356. The molecule has 21 heavy (non-hydrogen) atoms. The number of carbonyl (C=O) groups is 1. The molecular formula is C17H19NO3. The summed E-state index contributed by atoms with van der Waals surface area (Å²) in [7, 11) is 1.38. The van der Waals surface area contributed by atoms with Gasteiger partial charge in [-0.15, -0.1) is 0 Å². The molecule has 1 N–H and O–H groups in total. The summed E-state index contributed by atoms with van der Waals surface area (Å²) < 4.78 is 10.5. The van der Waals surface area contributed by atoms with Gasteiger partial charge in [0.25, 0.3) is 0 Å². The second-order valence-corrected chi connectivity index (χ2v) is 4.44. The standard InChI is InChI=1S/C17H19NO3/c1-3-21-15-12-8-7-11-14(15)16(17(19)20-2)18-13-9-5-4-6-10-13/h4-12,16,18H,3H2,1-2H3. The molecule has 0 aliphatic carbocycles. The van der Waals surface area contributed by atoms with Crippen LogP contribution >= 0.6 is 0 Å². The molecule has 0 saturated carbocycles. The highest BCUT2D eigenvalue weighted by Gasteiger charge is 2.24. The van der Waals surface area contributed by atoms with E-state index >= 15 is 0 Å². The molecule has 0 fully saturated rings. The molecule has 0 radical (unpaired) electrons. The maximum absolute atomic E-state index is 12.1. The second-order valence-electron chi connectivity index (χ2n) is 4.44. The summed E-state index contributed by atoms with van der Waals surface area (Å²) in [4.78, 5) is 12.1. The third-order valence-corrected chi connectivity index (χ3v) is 3.05. The molecule has 0 bridgehead atoms. The number of esters is 1. The summed E-state index contributed by atoms with van der Waals surface area (Å²) in [5.41, 5.74) is 1.61. The van der Waals surface area contributed by atoms with Crippen LogP contribution in [0.5, 0.6) is 5.75 Å². The molecule has 110 valence electrons.